The predicted molar refractivity (Wildman–Crippen MR) is 98.6 cm³/mol. The van der Waals surface area contributed by atoms with Gasteiger partial charge in [-0.2, -0.15) is 0 Å². The number of hydrogen-bond donors (Lipinski definition) is 3. The minimum absolute atomic E-state index is 0.249. The number of rotatable bonds is 5. The number of nitrogens with two attached hydrogens (primary N) is 1. The second-order valence-corrected chi connectivity index (χ2v) is 6.40. The van der Waals surface area contributed by atoms with Crippen LogP contribution in [-0.2, 0) is 4.79 Å². The van der Waals surface area contributed by atoms with Crippen molar-refractivity contribution >= 4 is 34.3 Å². The predicted octanol–water partition coefficient (Wildman–Crippen LogP) is 3.21. The van der Waals surface area contributed by atoms with E-state index in [1.165, 1.54) is 0 Å². The van der Waals surface area contributed by atoms with Gasteiger partial charge in [-0.05, 0) is 23.8 Å². The van der Waals surface area contributed by atoms with Gasteiger partial charge in [0.2, 0.25) is 5.91 Å². The summed E-state index contributed by atoms with van der Waals surface area (Å²) in [6.07, 6.45) is 0. The lowest BCUT2D eigenvalue weighted by molar-refractivity contribution is -0.120. The highest BCUT2D eigenvalue weighted by Gasteiger charge is 2.27. The molecule has 128 valence electrons. The maximum atomic E-state index is 12.6. The molecule has 25 heavy (non-hydrogen) atoms. The topological polar surface area (TPSA) is 88.0 Å². The summed E-state index contributed by atoms with van der Waals surface area (Å²) in [6, 6.07) is 15.7. The number of carbonyl (C=O) groups is 2. The summed E-state index contributed by atoms with van der Waals surface area (Å²) in [7, 11) is 0. The van der Waals surface area contributed by atoms with Gasteiger partial charge in [0.25, 0.3) is 5.91 Å². The van der Waals surface area contributed by atoms with Crippen molar-refractivity contribution in [3.8, 4) is 0 Å². The van der Waals surface area contributed by atoms with E-state index < -0.39 is 11.9 Å². The average Bonchev–Trinajstić information content (AvgIpc) is 3.02. The Bertz CT molecular complexity index is 921. The third-order valence-electron chi connectivity index (χ3n) is 4.25. The lowest BCUT2D eigenvalue weighted by Gasteiger charge is -2.22. The molecule has 6 heteroatoms. The first kappa shape index (κ1) is 17.0. The van der Waals surface area contributed by atoms with E-state index in [2.05, 4.69) is 10.3 Å². The molecule has 0 radical (unpaired) electrons. The molecule has 0 spiro atoms. The van der Waals surface area contributed by atoms with Gasteiger partial charge in [0.1, 0.15) is 11.7 Å². The van der Waals surface area contributed by atoms with Crippen molar-refractivity contribution in [2.24, 2.45) is 5.73 Å². The third-order valence-corrected chi connectivity index (χ3v) is 4.48. The second-order valence-electron chi connectivity index (χ2n) is 5.97. The summed E-state index contributed by atoms with van der Waals surface area (Å²) in [4.78, 5) is 27.5. The Morgan fingerprint density at radius 1 is 1.12 bits per heavy atom. The molecule has 0 saturated carbocycles. The SMILES string of the molecule is CC(c1ccccc1)C(NC(=O)c1cc2ccc(Cl)cc2[nH]1)C(N)=O. The molecular formula is C19H18ClN3O2. The Morgan fingerprint density at radius 2 is 1.84 bits per heavy atom. The largest absolute Gasteiger partial charge is 0.368 e. The molecule has 0 bridgehead atoms. The normalized spacial score (nSPS) is 13.4. The lowest BCUT2D eigenvalue weighted by atomic mass is 9.92. The van der Waals surface area contributed by atoms with Gasteiger partial charge in [-0.25, -0.2) is 0 Å². The fourth-order valence-corrected chi connectivity index (χ4v) is 3.00. The summed E-state index contributed by atoms with van der Waals surface area (Å²) in [5, 5.41) is 4.17. The maximum Gasteiger partial charge on any atom is 0.268 e. The number of halogens is 1. The Balaban J connectivity index is 1.83. The molecule has 3 aromatic rings. The standard InChI is InChI=1S/C19H18ClN3O2/c1-11(12-5-3-2-4-6-12)17(18(21)24)23-19(25)16-9-13-7-8-14(20)10-15(13)22-16/h2-11,17,22H,1H3,(H2,21,24)(H,23,25). The van der Waals surface area contributed by atoms with Gasteiger partial charge in [-0.15, -0.1) is 0 Å². The number of benzene rings is 2. The Labute approximate surface area is 150 Å². The number of fused-ring (bicyclic) bond motifs is 1. The fraction of sp³-hybridized carbons (Fsp3) is 0.158. The van der Waals surface area contributed by atoms with E-state index in [9.17, 15) is 9.59 Å². The number of hydrogen-bond acceptors (Lipinski definition) is 2. The smallest absolute Gasteiger partial charge is 0.268 e. The van der Waals surface area contributed by atoms with Crippen LogP contribution in [-0.4, -0.2) is 22.8 Å². The van der Waals surface area contributed by atoms with Gasteiger partial charge in [0.15, 0.2) is 0 Å². The van der Waals surface area contributed by atoms with Crippen molar-refractivity contribution in [3.63, 3.8) is 0 Å². The molecule has 1 aromatic heterocycles. The number of aromatic nitrogens is 1. The van der Waals surface area contributed by atoms with Crippen LogP contribution in [0.25, 0.3) is 10.9 Å². The zero-order valence-corrected chi connectivity index (χ0v) is 14.4. The first-order valence-electron chi connectivity index (χ1n) is 7.89. The van der Waals surface area contributed by atoms with E-state index in [0.29, 0.717) is 10.7 Å². The summed E-state index contributed by atoms with van der Waals surface area (Å²) in [5.74, 6) is -1.22. The van der Waals surface area contributed by atoms with Crippen LogP contribution in [0.2, 0.25) is 5.02 Å². The summed E-state index contributed by atoms with van der Waals surface area (Å²) < 4.78 is 0. The number of amides is 2. The minimum atomic E-state index is -0.815. The Morgan fingerprint density at radius 3 is 2.52 bits per heavy atom. The first-order valence-corrected chi connectivity index (χ1v) is 8.27. The van der Waals surface area contributed by atoms with Crippen LogP contribution in [0, 0.1) is 0 Å². The van der Waals surface area contributed by atoms with Crippen molar-refractivity contribution in [1.82, 2.24) is 10.3 Å². The van der Waals surface area contributed by atoms with Crippen LogP contribution in [0.5, 0.6) is 0 Å². The van der Waals surface area contributed by atoms with Gasteiger partial charge < -0.3 is 16.0 Å². The molecule has 2 atom stereocenters. The van der Waals surface area contributed by atoms with Crippen LogP contribution >= 0.6 is 11.6 Å². The van der Waals surface area contributed by atoms with Gasteiger partial charge in [-0.3, -0.25) is 9.59 Å². The molecular weight excluding hydrogens is 338 g/mol. The van der Waals surface area contributed by atoms with E-state index in [0.717, 1.165) is 16.5 Å². The monoisotopic (exact) mass is 355 g/mol. The molecule has 3 rings (SSSR count). The zero-order valence-electron chi connectivity index (χ0n) is 13.6. The highest BCUT2D eigenvalue weighted by Crippen LogP contribution is 2.22. The van der Waals surface area contributed by atoms with Crippen LogP contribution in [0.4, 0.5) is 0 Å². The van der Waals surface area contributed by atoms with Crippen molar-refractivity contribution in [1.29, 1.82) is 0 Å². The van der Waals surface area contributed by atoms with Crippen LogP contribution in [0.3, 0.4) is 0 Å². The third kappa shape index (κ3) is 3.67. The summed E-state index contributed by atoms with van der Waals surface area (Å²) in [5.41, 5.74) is 7.55. The van der Waals surface area contributed by atoms with Crippen LogP contribution in [0.1, 0.15) is 28.9 Å². The number of carbonyl (C=O) groups excluding carboxylic acids is 2. The molecule has 0 aliphatic carbocycles. The molecule has 0 aliphatic rings. The highest BCUT2D eigenvalue weighted by molar-refractivity contribution is 6.31. The van der Waals surface area contributed by atoms with E-state index in [1.807, 2.05) is 43.3 Å². The lowest BCUT2D eigenvalue weighted by Crippen LogP contribution is -2.47. The van der Waals surface area contributed by atoms with Crippen molar-refractivity contribution in [2.45, 2.75) is 18.9 Å². The molecule has 0 aliphatic heterocycles. The van der Waals surface area contributed by atoms with Gasteiger partial charge >= 0.3 is 0 Å². The molecule has 5 nitrogen and oxygen atoms in total. The van der Waals surface area contributed by atoms with E-state index in [-0.39, 0.29) is 11.8 Å². The van der Waals surface area contributed by atoms with Gasteiger partial charge in [-0.1, -0.05) is 54.9 Å². The van der Waals surface area contributed by atoms with Crippen molar-refractivity contribution < 1.29 is 9.59 Å². The van der Waals surface area contributed by atoms with Crippen molar-refractivity contribution in [3.05, 3.63) is 70.9 Å². The minimum Gasteiger partial charge on any atom is -0.368 e. The first-order chi connectivity index (χ1) is 12.0. The summed E-state index contributed by atoms with van der Waals surface area (Å²) in [6.45, 7) is 1.86. The average molecular weight is 356 g/mol. The molecule has 2 unspecified atom stereocenters. The van der Waals surface area contributed by atoms with Gasteiger partial charge in [0.05, 0.1) is 0 Å². The molecule has 0 saturated heterocycles. The van der Waals surface area contributed by atoms with E-state index in [4.69, 9.17) is 17.3 Å². The quantitative estimate of drug-likeness (QED) is 0.656. The number of H-pyrrole nitrogens is 1. The number of aromatic amines is 1. The molecule has 0 fully saturated rings. The van der Waals surface area contributed by atoms with Crippen LogP contribution in [0.15, 0.2) is 54.6 Å². The second kappa shape index (κ2) is 6.99. The van der Waals surface area contributed by atoms with Gasteiger partial charge in [0, 0.05) is 21.8 Å². The maximum absolute atomic E-state index is 12.6. The molecule has 2 amide bonds. The molecule has 4 N–H and O–H groups in total. The number of primary amides is 1. The van der Waals surface area contributed by atoms with E-state index >= 15 is 0 Å². The van der Waals surface area contributed by atoms with Crippen molar-refractivity contribution in [2.75, 3.05) is 0 Å². The highest BCUT2D eigenvalue weighted by atomic mass is 35.5. The zero-order chi connectivity index (χ0) is 18.0. The Kier molecular flexibility index (Phi) is 4.76. The Hall–Kier alpha value is -2.79. The van der Waals surface area contributed by atoms with E-state index in [1.54, 1.807) is 18.2 Å². The summed E-state index contributed by atoms with van der Waals surface area (Å²) >= 11 is 5.96. The van der Waals surface area contributed by atoms with Crippen LogP contribution < -0.4 is 11.1 Å². The molecule has 2 aromatic carbocycles. The fourth-order valence-electron chi connectivity index (χ4n) is 2.83. The number of nitrogens with one attached hydrogen (secondary N) is 2. The molecule has 1 heterocycles.